The van der Waals surface area contributed by atoms with Gasteiger partial charge in [0.05, 0.1) is 6.54 Å². The Balaban J connectivity index is 1.33. The van der Waals surface area contributed by atoms with Crippen molar-refractivity contribution < 1.29 is 4.79 Å². The number of likely N-dealkylation sites (tertiary alicyclic amines) is 1. The number of thioether (sulfide) groups is 1. The maximum atomic E-state index is 12.6. The van der Waals surface area contributed by atoms with Gasteiger partial charge in [-0.15, -0.1) is 0 Å². The minimum atomic E-state index is 0.146. The van der Waals surface area contributed by atoms with Crippen LogP contribution in [0.5, 0.6) is 0 Å². The Bertz CT molecular complexity index is 1230. The zero-order chi connectivity index (χ0) is 21.9. The van der Waals surface area contributed by atoms with Crippen LogP contribution in [-0.2, 0) is 12.3 Å². The molecule has 0 aliphatic carbocycles. The van der Waals surface area contributed by atoms with Gasteiger partial charge in [0.1, 0.15) is 5.52 Å². The van der Waals surface area contributed by atoms with E-state index in [2.05, 4.69) is 52.9 Å². The summed E-state index contributed by atoms with van der Waals surface area (Å²) in [6, 6.07) is 20.6. The SMILES string of the molecule is Cc1ccc(Cn2c(SCc3ccc(C(=O)N4CCCC4)cc3)nc3cccnc32)cc1. The predicted molar refractivity (Wildman–Crippen MR) is 129 cm³/mol. The van der Waals surface area contributed by atoms with Crippen LogP contribution in [0.2, 0.25) is 0 Å². The second kappa shape index (κ2) is 9.17. The topological polar surface area (TPSA) is 51.0 Å². The van der Waals surface area contributed by atoms with E-state index in [0.29, 0.717) is 0 Å². The quantitative estimate of drug-likeness (QED) is 0.380. The fourth-order valence-electron chi connectivity index (χ4n) is 4.06. The van der Waals surface area contributed by atoms with Gasteiger partial charge in [0.2, 0.25) is 0 Å². The number of rotatable bonds is 6. The lowest BCUT2D eigenvalue weighted by Crippen LogP contribution is -2.27. The summed E-state index contributed by atoms with van der Waals surface area (Å²) in [5.74, 6) is 0.933. The Labute approximate surface area is 192 Å². The molecule has 1 fully saturated rings. The van der Waals surface area contributed by atoms with Crippen LogP contribution in [0.1, 0.15) is 39.9 Å². The summed E-state index contributed by atoms with van der Waals surface area (Å²) in [5.41, 5.74) is 6.25. The van der Waals surface area contributed by atoms with Crippen LogP contribution in [0.15, 0.2) is 72.0 Å². The summed E-state index contributed by atoms with van der Waals surface area (Å²) < 4.78 is 2.19. The lowest BCUT2D eigenvalue weighted by molar-refractivity contribution is 0.0793. The van der Waals surface area contributed by atoms with Crippen molar-refractivity contribution in [1.82, 2.24) is 19.4 Å². The lowest BCUT2D eigenvalue weighted by Gasteiger charge is -2.15. The number of aromatic nitrogens is 3. The molecule has 0 unspecified atom stereocenters. The first kappa shape index (κ1) is 20.8. The molecule has 6 heteroatoms. The summed E-state index contributed by atoms with van der Waals surface area (Å²) >= 11 is 1.70. The van der Waals surface area contributed by atoms with Crippen molar-refractivity contribution in [3.05, 3.63) is 89.1 Å². The average Bonchev–Trinajstić information content (AvgIpc) is 3.48. The van der Waals surface area contributed by atoms with E-state index in [9.17, 15) is 4.79 Å². The minimum Gasteiger partial charge on any atom is -0.339 e. The summed E-state index contributed by atoms with van der Waals surface area (Å²) in [7, 11) is 0. The van der Waals surface area contributed by atoms with E-state index < -0.39 is 0 Å². The number of hydrogen-bond donors (Lipinski definition) is 0. The van der Waals surface area contributed by atoms with Gasteiger partial charge in [-0.3, -0.25) is 9.36 Å². The van der Waals surface area contributed by atoms with Crippen molar-refractivity contribution in [1.29, 1.82) is 0 Å². The molecule has 2 aromatic carbocycles. The Morgan fingerprint density at radius 1 is 0.969 bits per heavy atom. The maximum Gasteiger partial charge on any atom is 0.253 e. The van der Waals surface area contributed by atoms with Gasteiger partial charge in [-0.2, -0.15) is 0 Å². The molecule has 1 amide bonds. The van der Waals surface area contributed by atoms with Crippen LogP contribution in [-0.4, -0.2) is 38.4 Å². The molecule has 0 radical (unpaired) electrons. The van der Waals surface area contributed by atoms with Crippen LogP contribution in [0, 0.1) is 6.92 Å². The Morgan fingerprint density at radius 3 is 2.44 bits per heavy atom. The highest BCUT2D eigenvalue weighted by Gasteiger charge is 2.19. The van der Waals surface area contributed by atoms with E-state index >= 15 is 0 Å². The largest absolute Gasteiger partial charge is 0.339 e. The van der Waals surface area contributed by atoms with Crippen molar-refractivity contribution in [2.24, 2.45) is 0 Å². The molecular formula is C26H26N4OS. The van der Waals surface area contributed by atoms with Gasteiger partial charge in [0.25, 0.3) is 5.91 Å². The first-order chi connectivity index (χ1) is 15.7. The van der Waals surface area contributed by atoms with Crippen LogP contribution in [0.4, 0.5) is 0 Å². The monoisotopic (exact) mass is 442 g/mol. The zero-order valence-electron chi connectivity index (χ0n) is 18.2. The molecule has 1 aliphatic heterocycles. The summed E-state index contributed by atoms with van der Waals surface area (Å²) in [5, 5.41) is 0.955. The second-order valence-electron chi connectivity index (χ2n) is 8.30. The fourth-order valence-corrected chi connectivity index (χ4v) is 5.02. The van der Waals surface area contributed by atoms with E-state index in [1.165, 1.54) is 16.7 Å². The third-order valence-corrected chi connectivity index (χ3v) is 6.94. The van der Waals surface area contributed by atoms with Crippen molar-refractivity contribution in [2.75, 3.05) is 13.1 Å². The van der Waals surface area contributed by atoms with E-state index in [0.717, 1.165) is 60.1 Å². The summed E-state index contributed by atoms with van der Waals surface area (Å²) in [6.07, 6.45) is 4.04. The first-order valence-corrected chi connectivity index (χ1v) is 12.0. The number of imidazole rings is 1. The van der Waals surface area contributed by atoms with Gasteiger partial charge in [0, 0.05) is 30.6 Å². The zero-order valence-corrected chi connectivity index (χ0v) is 19.0. The number of pyridine rings is 1. The molecule has 0 bridgehead atoms. The molecule has 162 valence electrons. The van der Waals surface area contributed by atoms with Crippen molar-refractivity contribution >= 4 is 28.8 Å². The van der Waals surface area contributed by atoms with Crippen LogP contribution in [0.25, 0.3) is 11.2 Å². The molecule has 0 atom stereocenters. The van der Waals surface area contributed by atoms with Crippen LogP contribution >= 0.6 is 11.8 Å². The van der Waals surface area contributed by atoms with Crippen molar-refractivity contribution in [2.45, 2.75) is 37.2 Å². The number of carbonyl (C=O) groups excluding carboxylic acids is 1. The third-order valence-electron chi connectivity index (χ3n) is 5.89. The third kappa shape index (κ3) is 4.41. The Kier molecular flexibility index (Phi) is 5.95. The number of aryl methyl sites for hydroxylation is 1. The number of carbonyl (C=O) groups is 1. The first-order valence-electron chi connectivity index (χ1n) is 11.1. The highest BCUT2D eigenvalue weighted by atomic mass is 32.2. The molecule has 5 nitrogen and oxygen atoms in total. The van der Waals surface area contributed by atoms with Crippen molar-refractivity contribution in [3.8, 4) is 0 Å². The van der Waals surface area contributed by atoms with Gasteiger partial charge in [0.15, 0.2) is 10.8 Å². The normalized spacial score (nSPS) is 13.7. The number of benzene rings is 2. The molecule has 0 saturated carbocycles. The van der Waals surface area contributed by atoms with Crippen LogP contribution < -0.4 is 0 Å². The summed E-state index contributed by atoms with van der Waals surface area (Å²) in [6.45, 7) is 4.59. The van der Waals surface area contributed by atoms with E-state index in [1.807, 2.05) is 35.4 Å². The predicted octanol–water partition coefficient (Wildman–Crippen LogP) is 5.32. The molecule has 0 spiro atoms. The van der Waals surface area contributed by atoms with E-state index in [1.54, 1.807) is 11.8 Å². The maximum absolute atomic E-state index is 12.6. The molecule has 4 aromatic rings. The average molecular weight is 443 g/mol. The number of nitrogens with zero attached hydrogens (tertiary/aromatic N) is 4. The molecule has 1 saturated heterocycles. The molecule has 32 heavy (non-hydrogen) atoms. The molecule has 0 N–H and O–H groups in total. The van der Waals surface area contributed by atoms with Gasteiger partial charge >= 0.3 is 0 Å². The highest BCUT2D eigenvalue weighted by Crippen LogP contribution is 2.27. The van der Waals surface area contributed by atoms with Crippen molar-refractivity contribution in [3.63, 3.8) is 0 Å². The summed E-state index contributed by atoms with van der Waals surface area (Å²) in [4.78, 5) is 24.0. The fraction of sp³-hybridized carbons (Fsp3) is 0.269. The molecule has 3 heterocycles. The van der Waals surface area contributed by atoms with Crippen LogP contribution in [0.3, 0.4) is 0 Å². The van der Waals surface area contributed by atoms with Gasteiger partial charge in [-0.25, -0.2) is 9.97 Å². The van der Waals surface area contributed by atoms with Gasteiger partial charge in [-0.05, 0) is 55.2 Å². The smallest absolute Gasteiger partial charge is 0.253 e. The lowest BCUT2D eigenvalue weighted by atomic mass is 10.1. The molecule has 1 aliphatic rings. The molecule has 2 aromatic heterocycles. The minimum absolute atomic E-state index is 0.146. The number of hydrogen-bond acceptors (Lipinski definition) is 4. The number of fused-ring (bicyclic) bond motifs is 1. The molecule has 5 rings (SSSR count). The van der Waals surface area contributed by atoms with Gasteiger partial charge < -0.3 is 4.90 Å². The van der Waals surface area contributed by atoms with Gasteiger partial charge in [-0.1, -0.05) is 53.7 Å². The Morgan fingerprint density at radius 2 is 1.69 bits per heavy atom. The highest BCUT2D eigenvalue weighted by molar-refractivity contribution is 7.98. The Hall–Kier alpha value is -3.12. The molecular weight excluding hydrogens is 416 g/mol. The van der Waals surface area contributed by atoms with E-state index in [-0.39, 0.29) is 5.91 Å². The second-order valence-corrected chi connectivity index (χ2v) is 9.24. The number of amides is 1. The van der Waals surface area contributed by atoms with E-state index in [4.69, 9.17) is 4.98 Å². The standard InChI is InChI=1S/C26H26N4OS/c1-19-6-8-20(9-7-19)17-30-24-23(5-4-14-27-24)28-26(30)32-18-21-10-12-22(13-11-21)25(31)29-15-2-3-16-29/h4-14H,2-3,15-18H2,1H3.